The van der Waals surface area contributed by atoms with Crippen molar-refractivity contribution < 1.29 is 28.6 Å². The van der Waals surface area contributed by atoms with Gasteiger partial charge in [0.1, 0.15) is 17.8 Å². The van der Waals surface area contributed by atoms with E-state index in [9.17, 15) is 14.4 Å². The maximum atomic E-state index is 13.1. The second-order valence-corrected chi connectivity index (χ2v) is 8.39. The molecule has 0 spiro atoms. The van der Waals surface area contributed by atoms with E-state index in [0.29, 0.717) is 19.3 Å². The molecule has 6 atom stereocenters. The third-order valence-electron chi connectivity index (χ3n) is 7.02. The molecule has 2 bridgehead atoms. The maximum Gasteiger partial charge on any atom is 0.310 e. The molecule has 0 amide bonds. The van der Waals surface area contributed by atoms with Crippen LogP contribution in [0.5, 0.6) is 0 Å². The summed E-state index contributed by atoms with van der Waals surface area (Å²) >= 11 is 0. The molecule has 6 nitrogen and oxygen atoms in total. The van der Waals surface area contributed by atoms with Crippen LogP contribution in [0, 0.1) is 23.7 Å². The SMILES string of the molecule is CCCC(=O)OC1C2CC3C1OC(=O)C3C2C(=O)OC1(CC)CCCC1. The van der Waals surface area contributed by atoms with Crippen LogP contribution in [0.25, 0.3) is 0 Å². The smallest absolute Gasteiger partial charge is 0.310 e. The first kappa shape index (κ1) is 17.8. The molecule has 3 aliphatic carbocycles. The number of hydrogen-bond acceptors (Lipinski definition) is 6. The Kier molecular flexibility index (Phi) is 4.48. The summed E-state index contributed by atoms with van der Waals surface area (Å²) in [5.41, 5.74) is -0.380. The van der Waals surface area contributed by atoms with Crippen molar-refractivity contribution in [1.29, 1.82) is 0 Å². The summed E-state index contributed by atoms with van der Waals surface area (Å²) in [5.74, 6) is -2.03. The monoisotopic (exact) mass is 364 g/mol. The van der Waals surface area contributed by atoms with E-state index in [-0.39, 0.29) is 41.4 Å². The molecule has 1 heterocycles. The lowest BCUT2D eigenvalue weighted by molar-refractivity contribution is -0.175. The van der Waals surface area contributed by atoms with Gasteiger partial charge in [-0.2, -0.15) is 0 Å². The number of carbonyl (C=O) groups excluding carboxylic acids is 3. The third-order valence-corrected chi connectivity index (χ3v) is 7.02. The molecule has 0 aromatic heterocycles. The van der Waals surface area contributed by atoms with Gasteiger partial charge in [0, 0.05) is 18.3 Å². The summed E-state index contributed by atoms with van der Waals surface area (Å²) in [5, 5.41) is 0. The van der Waals surface area contributed by atoms with E-state index >= 15 is 0 Å². The van der Waals surface area contributed by atoms with Gasteiger partial charge in [-0.15, -0.1) is 0 Å². The van der Waals surface area contributed by atoms with Crippen molar-refractivity contribution in [1.82, 2.24) is 0 Å². The van der Waals surface area contributed by atoms with Gasteiger partial charge in [0.05, 0.1) is 11.8 Å². The quantitative estimate of drug-likeness (QED) is 0.533. The van der Waals surface area contributed by atoms with Gasteiger partial charge in [-0.05, 0) is 44.9 Å². The fourth-order valence-electron chi connectivity index (χ4n) is 5.71. The first-order valence-electron chi connectivity index (χ1n) is 10.1. The van der Waals surface area contributed by atoms with Crippen LogP contribution >= 0.6 is 0 Å². The fraction of sp³-hybridized carbons (Fsp3) is 0.850. The molecule has 4 rings (SSSR count). The Bertz CT molecular complexity index is 607. The molecule has 4 fully saturated rings. The lowest BCUT2D eigenvalue weighted by atomic mass is 9.78. The summed E-state index contributed by atoms with van der Waals surface area (Å²) in [6.07, 6.45) is 5.59. The van der Waals surface area contributed by atoms with E-state index in [1.807, 2.05) is 6.92 Å². The second kappa shape index (κ2) is 6.54. The number of fused-ring (bicyclic) bond motifs is 1. The average Bonchev–Trinajstić information content (AvgIpc) is 3.33. The van der Waals surface area contributed by atoms with Crippen LogP contribution in [0.4, 0.5) is 0 Å². The van der Waals surface area contributed by atoms with Crippen LogP contribution in [-0.4, -0.2) is 35.7 Å². The second-order valence-electron chi connectivity index (χ2n) is 8.39. The van der Waals surface area contributed by atoms with Gasteiger partial charge >= 0.3 is 17.9 Å². The normalized spacial score (nSPS) is 39.1. The van der Waals surface area contributed by atoms with Crippen LogP contribution in [-0.2, 0) is 28.6 Å². The Balaban J connectivity index is 1.53. The number of hydrogen-bond donors (Lipinski definition) is 0. The predicted octanol–water partition coefficient (Wildman–Crippen LogP) is 2.77. The first-order valence-corrected chi connectivity index (χ1v) is 10.1. The molecule has 6 heteroatoms. The number of ether oxygens (including phenoxy) is 3. The standard InChI is InChI=1S/C20H28O6/c1-3-7-13(21)24-16-12-10-11-14(18(22)25-17(11)16)15(12)19(23)26-20(4-2)8-5-6-9-20/h11-12,14-17H,3-10H2,1-2H3. The van der Waals surface area contributed by atoms with Gasteiger partial charge in [0.15, 0.2) is 0 Å². The van der Waals surface area contributed by atoms with E-state index in [1.54, 1.807) is 0 Å². The minimum Gasteiger partial charge on any atom is -0.459 e. The van der Waals surface area contributed by atoms with E-state index in [2.05, 4.69) is 6.92 Å². The van der Waals surface area contributed by atoms with Gasteiger partial charge in [-0.25, -0.2) is 0 Å². The summed E-state index contributed by atoms with van der Waals surface area (Å²) in [6.45, 7) is 3.97. The molecule has 144 valence electrons. The Morgan fingerprint density at radius 1 is 1.19 bits per heavy atom. The van der Waals surface area contributed by atoms with Gasteiger partial charge in [0.2, 0.25) is 0 Å². The molecular formula is C20H28O6. The third kappa shape index (κ3) is 2.64. The Morgan fingerprint density at radius 2 is 1.92 bits per heavy atom. The summed E-state index contributed by atoms with van der Waals surface area (Å²) in [7, 11) is 0. The highest BCUT2D eigenvalue weighted by Crippen LogP contribution is 2.59. The van der Waals surface area contributed by atoms with Crippen LogP contribution in [0.2, 0.25) is 0 Å². The Hall–Kier alpha value is -1.59. The molecule has 0 N–H and O–H groups in total. The Labute approximate surface area is 153 Å². The van der Waals surface area contributed by atoms with Gasteiger partial charge in [-0.1, -0.05) is 13.8 Å². The Morgan fingerprint density at radius 3 is 2.58 bits per heavy atom. The van der Waals surface area contributed by atoms with Gasteiger partial charge in [0.25, 0.3) is 0 Å². The largest absolute Gasteiger partial charge is 0.459 e. The van der Waals surface area contributed by atoms with Crippen molar-refractivity contribution in [2.24, 2.45) is 23.7 Å². The van der Waals surface area contributed by atoms with Crippen molar-refractivity contribution in [3.05, 3.63) is 0 Å². The van der Waals surface area contributed by atoms with E-state index in [1.165, 1.54) is 0 Å². The molecule has 3 saturated carbocycles. The zero-order chi connectivity index (χ0) is 18.5. The number of carbonyl (C=O) groups is 3. The molecule has 0 radical (unpaired) electrons. The van der Waals surface area contributed by atoms with Gasteiger partial charge < -0.3 is 14.2 Å². The molecule has 6 unspecified atom stereocenters. The van der Waals surface area contributed by atoms with Crippen LogP contribution in [0.1, 0.15) is 65.2 Å². The van der Waals surface area contributed by atoms with Crippen LogP contribution in [0.15, 0.2) is 0 Å². The molecule has 4 aliphatic rings. The summed E-state index contributed by atoms with van der Waals surface area (Å²) < 4.78 is 17.1. The van der Waals surface area contributed by atoms with Crippen molar-refractivity contribution in [3.63, 3.8) is 0 Å². The number of rotatable bonds is 6. The molecule has 26 heavy (non-hydrogen) atoms. The first-order chi connectivity index (χ1) is 12.5. The lowest BCUT2D eigenvalue weighted by Crippen LogP contribution is -2.45. The predicted molar refractivity (Wildman–Crippen MR) is 90.8 cm³/mol. The van der Waals surface area contributed by atoms with Crippen molar-refractivity contribution in [2.45, 2.75) is 83.0 Å². The van der Waals surface area contributed by atoms with Crippen molar-refractivity contribution in [2.75, 3.05) is 0 Å². The number of esters is 3. The highest BCUT2D eigenvalue weighted by Gasteiger charge is 2.70. The summed E-state index contributed by atoms with van der Waals surface area (Å²) in [4.78, 5) is 37.5. The maximum absolute atomic E-state index is 13.1. The van der Waals surface area contributed by atoms with Crippen molar-refractivity contribution in [3.8, 4) is 0 Å². The molecule has 1 aliphatic heterocycles. The van der Waals surface area contributed by atoms with Gasteiger partial charge in [-0.3, -0.25) is 14.4 Å². The molecule has 1 saturated heterocycles. The van der Waals surface area contributed by atoms with E-state index in [0.717, 1.165) is 32.1 Å². The zero-order valence-electron chi connectivity index (χ0n) is 15.6. The van der Waals surface area contributed by atoms with E-state index in [4.69, 9.17) is 14.2 Å². The lowest BCUT2D eigenvalue weighted by Gasteiger charge is -2.34. The van der Waals surface area contributed by atoms with Crippen molar-refractivity contribution >= 4 is 17.9 Å². The minimum absolute atomic E-state index is 0.0226. The minimum atomic E-state index is -0.533. The topological polar surface area (TPSA) is 78.9 Å². The van der Waals surface area contributed by atoms with Crippen LogP contribution < -0.4 is 0 Å². The molecule has 0 aromatic carbocycles. The molecular weight excluding hydrogens is 336 g/mol. The van der Waals surface area contributed by atoms with Crippen LogP contribution in [0.3, 0.4) is 0 Å². The average molecular weight is 364 g/mol. The summed E-state index contributed by atoms with van der Waals surface area (Å²) in [6, 6.07) is 0. The fourth-order valence-corrected chi connectivity index (χ4v) is 5.71. The highest BCUT2D eigenvalue weighted by molar-refractivity contribution is 5.86. The van der Waals surface area contributed by atoms with E-state index < -0.39 is 17.9 Å². The highest BCUT2D eigenvalue weighted by atomic mass is 16.6. The zero-order valence-corrected chi connectivity index (χ0v) is 15.6. The molecule has 0 aromatic rings.